The number of nitrogens with one attached hydrogen (secondary N) is 2. The van der Waals surface area contributed by atoms with Crippen molar-refractivity contribution in [3.63, 3.8) is 0 Å². The van der Waals surface area contributed by atoms with Gasteiger partial charge in [-0.1, -0.05) is 40.2 Å². The van der Waals surface area contributed by atoms with Crippen molar-refractivity contribution in [1.29, 1.82) is 0 Å². The highest BCUT2D eigenvalue weighted by molar-refractivity contribution is 9.10. The smallest absolute Gasteiger partial charge is 0.272 e. The van der Waals surface area contributed by atoms with E-state index in [4.69, 9.17) is 0 Å². The van der Waals surface area contributed by atoms with Crippen LogP contribution >= 0.6 is 31.9 Å². The fraction of sp³-hybridized carbons (Fsp3) is 0.0435. The number of non-ortho nitro benzene ring substituents is 1. The molecule has 0 fully saturated rings. The van der Waals surface area contributed by atoms with Crippen molar-refractivity contribution >= 4 is 61.1 Å². The molecule has 0 saturated heterocycles. The molecular formula is C23H17Br2N3O4. The predicted molar refractivity (Wildman–Crippen MR) is 130 cm³/mol. The zero-order chi connectivity index (χ0) is 23.3. The van der Waals surface area contributed by atoms with Crippen LogP contribution in [0.4, 0.5) is 11.4 Å². The van der Waals surface area contributed by atoms with Crippen LogP contribution in [0.3, 0.4) is 0 Å². The van der Waals surface area contributed by atoms with E-state index in [1.807, 2.05) is 6.92 Å². The number of halogens is 2. The lowest BCUT2D eigenvalue weighted by molar-refractivity contribution is -0.384. The number of hydrogen-bond donors (Lipinski definition) is 2. The highest BCUT2D eigenvalue weighted by Crippen LogP contribution is 2.22. The Hall–Kier alpha value is -3.30. The Bertz CT molecular complexity index is 1240. The van der Waals surface area contributed by atoms with E-state index in [2.05, 4.69) is 42.5 Å². The van der Waals surface area contributed by atoms with Crippen LogP contribution in [0, 0.1) is 17.0 Å². The Kier molecular flexibility index (Phi) is 7.55. The Morgan fingerprint density at radius 1 is 0.969 bits per heavy atom. The molecule has 0 aliphatic rings. The van der Waals surface area contributed by atoms with Crippen molar-refractivity contribution in [3.05, 3.63) is 108 Å². The summed E-state index contributed by atoms with van der Waals surface area (Å²) in [6.07, 6.45) is 1.39. The molecule has 0 saturated carbocycles. The number of nitrogens with zero attached hydrogens (tertiary/aromatic N) is 1. The standard InChI is InChI=1S/C23H17Br2N3O4/c1-14-11-16(9-10-19(14)24)26-23(30)21(13-15-5-4-6-17(12-15)28(31)32)27-22(29)18-7-2-3-8-20(18)25/h2-13H,1H3,(H,26,30)(H,27,29). The van der Waals surface area contributed by atoms with E-state index in [0.717, 1.165) is 10.0 Å². The van der Waals surface area contributed by atoms with Crippen LogP contribution in [0.2, 0.25) is 0 Å². The monoisotopic (exact) mass is 557 g/mol. The number of amides is 2. The van der Waals surface area contributed by atoms with Crippen molar-refractivity contribution in [2.45, 2.75) is 6.92 Å². The minimum Gasteiger partial charge on any atom is -0.321 e. The summed E-state index contributed by atoms with van der Waals surface area (Å²) in [4.78, 5) is 36.4. The minimum absolute atomic E-state index is 0.0631. The Morgan fingerprint density at radius 3 is 2.41 bits per heavy atom. The van der Waals surface area contributed by atoms with Crippen LogP contribution in [0.15, 0.2) is 81.4 Å². The molecule has 0 bridgehead atoms. The van der Waals surface area contributed by atoms with Crippen LogP contribution in [0.25, 0.3) is 6.08 Å². The van der Waals surface area contributed by atoms with Gasteiger partial charge in [-0.2, -0.15) is 0 Å². The van der Waals surface area contributed by atoms with Crippen LogP contribution < -0.4 is 10.6 Å². The van der Waals surface area contributed by atoms with Crippen molar-refractivity contribution in [3.8, 4) is 0 Å². The highest BCUT2D eigenvalue weighted by atomic mass is 79.9. The number of carbonyl (C=O) groups is 2. The van der Waals surface area contributed by atoms with Crippen molar-refractivity contribution < 1.29 is 14.5 Å². The van der Waals surface area contributed by atoms with Crippen LogP contribution in [0.5, 0.6) is 0 Å². The summed E-state index contributed by atoms with van der Waals surface area (Å²) in [7, 11) is 0. The zero-order valence-electron chi connectivity index (χ0n) is 16.8. The number of nitro benzene ring substituents is 1. The second-order valence-corrected chi connectivity index (χ2v) is 8.47. The van der Waals surface area contributed by atoms with Gasteiger partial charge >= 0.3 is 0 Å². The summed E-state index contributed by atoms with van der Waals surface area (Å²) >= 11 is 6.74. The molecule has 0 aromatic heterocycles. The maximum Gasteiger partial charge on any atom is 0.272 e. The first kappa shape index (κ1) is 23.4. The number of nitro groups is 1. The van der Waals surface area contributed by atoms with E-state index in [0.29, 0.717) is 21.3 Å². The molecular weight excluding hydrogens is 542 g/mol. The Balaban J connectivity index is 1.96. The number of carbonyl (C=O) groups excluding carboxylic acids is 2. The molecule has 3 aromatic carbocycles. The highest BCUT2D eigenvalue weighted by Gasteiger charge is 2.17. The normalized spacial score (nSPS) is 11.0. The van der Waals surface area contributed by atoms with Crippen molar-refractivity contribution in [2.75, 3.05) is 5.32 Å². The summed E-state index contributed by atoms with van der Waals surface area (Å²) in [6, 6.07) is 17.9. The lowest BCUT2D eigenvalue weighted by atomic mass is 10.1. The van der Waals surface area contributed by atoms with Gasteiger partial charge in [-0.05, 0) is 70.4 Å². The topological polar surface area (TPSA) is 101 Å². The zero-order valence-corrected chi connectivity index (χ0v) is 19.9. The summed E-state index contributed by atoms with van der Waals surface area (Å²) in [5, 5.41) is 16.5. The first-order valence-electron chi connectivity index (χ1n) is 9.34. The van der Waals surface area contributed by atoms with E-state index in [-0.39, 0.29) is 11.4 Å². The van der Waals surface area contributed by atoms with Crippen molar-refractivity contribution in [1.82, 2.24) is 5.32 Å². The molecule has 7 nitrogen and oxygen atoms in total. The third-order valence-corrected chi connectivity index (χ3v) is 6.00. The summed E-state index contributed by atoms with van der Waals surface area (Å²) < 4.78 is 1.46. The molecule has 9 heteroatoms. The molecule has 0 unspecified atom stereocenters. The molecule has 2 N–H and O–H groups in total. The Labute approximate surface area is 200 Å². The van der Waals surface area contributed by atoms with Gasteiger partial charge in [-0.15, -0.1) is 0 Å². The van der Waals surface area contributed by atoms with E-state index < -0.39 is 16.7 Å². The van der Waals surface area contributed by atoms with Gasteiger partial charge < -0.3 is 10.6 Å². The summed E-state index contributed by atoms with van der Waals surface area (Å²) in [5.41, 5.74) is 2.00. The van der Waals surface area contributed by atoms with Gasteiger partial charge in [-0.3, -0.25) is 19.7 Å². The van der Waals surface area contributed by atoms with Crippen LogP contribution in [-0.4, -0.2) is 16.7 Å². The fourth-order valence-corrected chi connectivity index (χ4v) is 3.52. The average molecular weight is 559 g/mol. The van der Waals surface area contributed by atoms with Crippen LogP contribution in [-0.2, 0) is 4.79 Å². The second-order valence-electron chi connectivity index (χ2n) is 6.76. The van der Waals surface area contributed by atoms with Gasteiger partial charge in [0.05, 0.1) is 10.5 Å². The number of benzene rings is 3. The number of rotatable bonds is 6. The summed E-state index contributed by atoms with van der Waals surface area (Å²) in [6.45, 7) is 1.88. The van der Waals surface area contributed by atoms with Gasteiger partial charge in [0.25, 0.3) is 17.5 Å². The quantitative estimate of drug-likeness (QED) is 0.225. The van der Waals surface area contributed by atoms with Gasteiger partial charge in [0, 0.05) is 26.8 Å². The first-order chi connectivity index (χ1) is 15.2. The predicted octanol–water partition coefficient (Wildman–Crippen LogP) is 5.84. The van der Waals surface area contributed by atoms with E-state index in [9.17, 15) is 19.7 Å². The van der Waals surface area contributed by atoms with Gasteiger partial charge in [0.15, 0.2) is 0 Å². The number of hydrogen-bond acceptors (Lipinski definition) is 4. The maximum atomic E-state index is 13.0. The molecule has 3 rings (SSSR count). The fourth-order valence-electron chi connectivity index (χ4n) is 2.81. The van der Waals surface area contributed by atoms with Crippen molar-refractivity contribution in [2.24, 2.45) is 0 Å². The lowest BCUT2D eigenvalue weighted by Gasteiger charge is -2.13. The summed E-state index contributed by atoms with van der Waals surface area (Å²) in [5.74, 6) is -1.07. The average Bonchev–Trinajstić information content (AvgIpc) is 2.76. The third kappa shape index (κ3) is 5.89. The minimum atomic E-state index is -0.571. The molecule has 0 radical (unpaired) electrons. The van der Waals surface area contributed by atoms with Gasteiger partial charge in [-0.25, -0.2) is 0 Å². The van der Waals surface area contributed by atoms with E-state index >= 15 is 0 Å². The van der Waals surface area contributed by atoms with Crippen LogP contribution in [0.1, 0.15) is 21.5 Å². The number of aryl methyl sites for hydroxylation is 1. The lowest BCUT2D eigenvalue weighted by Crippen LogP contribution is -2.31. The molecule has 32 heavy (non-hydrogen) atoms. The first-order valence-corrected chi connectivity index (χ1v) is 10.9. The second kappa shape index (κ2) is 10.3. The third-order valence-electron chi connectivity index (χ3n) is 4.42. The molecule has 0 aliphatic heterocycles. The van der Waals surface area contributed by atoms with Gasteiger partial charge in [0.1, 0.15) is 5.70 Å². The van der Waals surface area contributed by atoms with E-state index in [1.165, 1.54) is 24.3 Å². The molecule has 0 atom stereocenters. The number of anilines is 1. The molecule has 2 amide bonds. The molecule has 0 spiro atoms. The Morgan fingerprint density at radius 2 is 1.72 bits per heavy atom. The SMILES string of the molecule is Cc1cc(NC(=O)C(=Cc2cccc([N+](=O)[O-])c2)NC(=O)c2ccccc2Br)ccc1Br. The molecule has 0 heterocycles. The largest absolute Gasteiger partial charge is 0.321 e. The molecule has 0 aliphatic carbocycles. The van der Waals surface area contributed by atoms with Gasteiger partial charge in [0.2, 0.25) is 0 Å². The molecule has 3 aromatic rings. The maximum absolute atomic E-state index is 13.0. The van der Waals surface area contributed by atoms with E-state index in [1.54, 1.807) is 48.5 Å². The molecule has 162 valence electrons.